The van der Waals surface area contributed by atoms with E-state index in [0.29, 0.717) is 19.0 Å². The molecule has 29 heavy (non-hydrogen) atoms. The largest absolute Gasteiger partial charge is 0.493 e. The second-order valence-corrected chi connectivity index (χ2v) is 8.06. The van der Waals surface area contributed by atoms with Crippen LogP contribution in [0.1, 0.15) is 11.1 Å². The molecule has 0 aromatic heterocycles. The molecule has 3 rings (SSSR count). The lowest BCUT2D eigenvalue weighted by atomic mass is 10.1. The number of ether oxygens (including phenoxy) is 2. The van der Waals surface area contributed by atoms with Gasteiger partial charge in [-0.15, -0.1) is 0 Å². The summed E-state index contributed by atoms with van der Waals surface area (Å²) in [6.45, 7) is 3.53. The number of aliphatic imine (C=N–C) groups is 1. The van der Waals surface area contributed by atoms with Gasteiger partial charge in [0.2, 0.25) is 0 Å². The molecule has 0 aliphatic carbocycles. The van der Waals surface area contributed by atoms with Crippen LogP contribution in [0.15, 0.2) is 47.5 Å². The minimum atomic E-state index is 0.461. The molecule has 2 aromatic carbocycles. The summed E-state index contributed by atoms with van der Waals surface area (Å²) < 4.78 is 10.6. The lowest BCUT2D eigenvalue weighted by Crippen LogP contribution is -2.33. The second-order valence-electron chi connectivity index (χ2n) is 6.83. The number of anilines is 1. The van der Waals surface area contributed by atoms with E-state index in [1.807, 2.05) is 30.0 Å². The van der Waals surface area contributed by atoms with Crippen molar-refractivity contribution >= 4 is 23.4 Å². The van der Waals surface area contributed by atoms with Crippen LogP contribution in [0.5, 0.6) is 11.5 Å². The molecule has 1 saturated heterocycles. The van der Waals surface area contributed by atoms with Crippen molar-refractivity contribution in [2.24, 2.45) is 10.7 Å². The number of nitrogens with two attached hydrogens (primary N) is 1. The summed E-state index contributed by atoms with van der Waals surface area (Å²) in [5, 5.41) is 3.18. The maximum atomic E-state index is 6.02. The molecule has 3 N–H and O–H groups in total. The molecule has 0 bridgehead atoms. The van der Waals surface area contributed by atoms with Gasteiger partial charge in [0.15, 0.2) is 17.5 Å². The Bertz CT molecular complexity index is 805. The zero-order valence-corrected chi connectivity index (χ0v) is 18.0. The number of guanidine groups is 1. The van der Waals surface area contributed by atoms with E-state index in [4.69, 9.17) is 15.2 Å². The molecule has 0 atom stereocenters. The standard InChI is InChI=1S/C22H30N4O2S/c1-27-20-8-5-17(15-21(20)28-2)9-10-24-22(23)25-16-18-3-6-19(7-4-18)26-11-13-29-14-12-26/h3-8,15H,9-14,16H2,1-2H3,(H3,23,24,25). The lowest BCUT2D eigenvalue weighted by molar-refractivity contribution is 0.354. The predicted molar refractivity (Wildman–Crippen MR) is 123 cm³/mol. The maximum absolute atomic E-state index is 6.02. The molecule has 0 radical (unpaired) electrons. The van der Waals surface area contributed by atoms with Crippen molar-refractivity contribution in [3.05, 3.63) is 53.6 Å². The first-order chi connectivity index (χ1) is 14.2. The van der Waals surface area contributed by atoms with Crippen molar-refractivity contribution in [3.8, 4) is 11.5 Å². The number of nitrogens with one attached hydrogen (secondary N) is 1. The van der Waals surface area contributed by atoms with Gasteiger partial charge in [-0.2, -0.15) is 11.8 Å². The third-order valence-electron chi connectivity index (χ3n) is 4.91. The fourth-order valence-electron chi connectivity index (χ4n) is 3.24. The first-order valence-corrected chi connectivity index (χ1v) is 11.0. The van der Waals surface area contributed by atoms with E-state index in [1.54, 1.807) is 14.2 Å². The van der Waals surface area contributed by atoms with Gasteiger partial charge in [-0.05, 0) is 41.8 Å². The van der Waals surface area contributed by atoms with E-state index < -0.39 is 0 Å². The second kappa shape index (κ2) is 10.9. The van der Waals surface area contributed by atoms with Gasteiger partial charge in [-0.1, -0.05) is 18.2 Å². The van der Waals surface area contributed by atoms with E-state index >= 15 is 0 Å². The number of hydrogen-bond acceptors (Lipinski definition) is 5. The smallest absolute Gasteiger partial charge is 0.188 e. The molecular weight excluding hydrogens is 384 g/mol. The van der Waals surface area contributed by atoms with Crippen molar-refractivity contribution in [2.45, 2.75) is 13.0 Å². The third kappa shape index (κ3) is 6.22. The van der Waals surface area contributed by atoms with Crippen LogP contribution in [0.3, 0.4) is 0 Å². The van der Waals surface area contributed by atoms with E-state index in [2.05, 4.69) is 39.5 Å². The molecule has 0 amide bonds. The Morgan fingerprint density at radius 2 is 1.72 bits per heavy atom. The van der Waals surface area contributed by atoms with Crippen LogP contribution in [-0.4, -0.2) is 51.3 Å². The zero-order valence-electron chi connectivity index (χ0n) is 17.2. The van der Waals surface area contributed by atoms with Crippen LogP contribution in [-0.2, 0) is 13.0 Å². The van der Waals surface area contributed by atoms with Gasteiger partial charge in [-0.25, -0.2) is 4.99 Å². The van der Waals surface area contributed by atoms with Crippen molar-refractivity contribution in [1.29, 1.82) is 0 Å². The maximum Gasteiger partial charge on any atom is 0.188 e. The van der Waals surface area contributed by atoms with Gasteiger partial charge in [0.1, 0.15) is 0 Å². The van der Waals surface area contributed by atoms with Crippen LogP contribution in [0.2, 0.25) is 0 Å². The molecule has 1 fully saturated rings. The number of thioether (sulfide) groups is 1. The summed E-state index contributed by atoms with van der Waals surface area (Å²) in [5.41, 5.74) is 9.61. The predicted octanol–water partition coefficient (Wildman–Crippen LogP) is 2.90. The topological polar surface area (TPSA) is 72.1 Å². The molecule has 1 heterocycles. The summed E-state index contributed by atoms with van der Waals surface area (Å²) in [6, 6.07) is 14.6. The monoisotopic (exact) mass is 414 g/mol. The summed E-state index contributed by atoms with van der Waals surface area (Å²) in [7, 11) is 3.28. The minimum absolute atomic E-state index is 0.461. The van der Waals surface area contributed by atoms with Crippen LogP contribution in [0, 0.1) is 0 Å². The molecule has 1 aliphatic heterocycles. The average Bonchev–Trinajstić information content (AvgIpc) is 2.78. The molecule has 0 spiro atoms. The first kappa shape index (κ1) is 21.2. The summed E-state index contributed by atoms with van der Waals surface area (Å²) in [6.07, 6.45) is 0.819. The van der Waals surface area contributed by atoms with Gasteiger partial charge < -0.3 is 25.4 Å². The highest BCUT2D eigenvalue weighted by Gasteiger charge is 2.10. The SMILES string of the molecule is COc1ccc(CCNC(N)=NCc2ccc(N3CCSCC3)cc2)cc1OC. The fraction of sp³-hybridized carbons (Fsp3) is 0.409. The van der Waals surface area contributed by atoms with Crippen molar-refractivity contribution in [1.82, 2.24) is 5.32 Å². The van der Waals surface area contributed by atoms with Crippen LogP contribution in [0.25, 0.3) is 0 Å². The van der Waals surface area contributed by atoms with Crippen molar-refractivity contribution in [3.63, 3.8) is 0 Å². The average molecular weight is 415 g/mol. The number of benzene rings is 2. The molecule has 0 saturated carbocycles. The molecular formula is C22H30N4O2S. The molecule has 6 nitrogen and oxygen atoms in total. The Balaban J connectivity index is 1.45. The zero-order chi connectivity index (χ0) is 20.5. The van der Waals surface area contributed by atoms with E-state index in [0.717, 1.165) is 42.1 Å². The van der Waals surface area contributed by atoms with Gasteiger partial charge in [-0.3, -0.25) is 0 Å². The van der Waals surface area contributed by atoms with Crippen molar-refractivity contribution < 1.29 is 9.47 Å². The van der Waals surface area contributed by atoms with E-state index in [9.17, 15) is 0 Å². The fourth-order valence-corrected chi connectivity index (χ4v) is 4.14. The summed E-state index contributed by atoms with van der Waals surface area (Å²) >= 11 is 2.02. The van der Waals surface area contributed by atoms with Crippen LogP contribution < -0.4 is 25.4 Å². The minimum Gasteiger partial charge on any atom is -0.493 e. The number of nitrogens with zero attached hydrogens (tertiary/aromatic N) is 2. The summed E-state index contributed by atoms with van der Waals surface area (Å²) in [4.78, 5) is 6.89. The number of hydrogen-bond donors (Lipinski definition) is 2. The van der Waals surface area contributed by atoms with Crippen LogP contribution in [0.4, 0.5) is 5.69 Å². The van der Waals surface area contributed by atoms with Gasteiger partial charge >= 0.3 is 0 Å². The molecule has 156 valence electrons. The van der Waals surface area contributed by atoms with E-state index in [-0.39, 0.29) is 0 Å². The highest BCUT2D eigenvalue weighted by molar-refractivity contribution is 7.99. The highest BCUT2D eigenvalue weighted by atomic mass is 32.2. The van der Waals surface area contributed by atoms with Gasteiger partial charge in [0.05, 0.1) is 20.8 Å². The number of methoxy groups -OCH3 is 2. The molecule has 1 aliphatic rings. The Labute approximate surface area is 177 Å². The number of rotatable bonds is 8. The molecule has 2 aromatic rings. The summed E-state index contributed by atoms with van der Waals surface area (Å²) in [5.74, 6) is 4.34. The Kier molecular flexibility index (Phi) is 7.93. The highest BCUT2D eigenvalue weighted by Crippen LogP contribution is 2.27. The normalized spacial score (nSPS) is 14.6. The first-order valence-electron chi connectivity index (χ1n) is 9.86. The Morgan fingerprint density at radius 1 is 1.03 bits per heavy atom. The van der Waals surface area contributed by atoms with Gasteiger partial charge in [0, 0.05) is 36.8 Å². The molecule has 7 heteroatoms. The Hall–Kier alpha value is -2.54. The lowest BCUT2D eigenvalue weighted by Gasteiger charge is -2.28. The van der Waals surface area contributed by atoms with Crippen molar-refractivity contribution in [2.75, 3.05) is 50.3 Å². The van der Waals surface area contributed by atoms with E-state index in [1.165, 1.54) is 17.2 Å². The van der Waals surface area contributed by atoms with Gasteiger partial charge in [0.25, 0.3) is 0 Å². The quantitative estimate of drug-likeness (QED) is 0.511. The Morgan fingerprint density at radius 3 is 2.41 bits per heavy atom. The van der Waals surface area contributed by atoms with Crippen LogP contribution >= 0.6 is 11.8 Å². The molecule has 0 unspecified atom stereocenters. The third-order valence-corrected chi connectivity index (χ3v) is 5.85.